The Labute approximate surface area is 220 Å². The second-order valence-electron chi connectivity index (χ2n) is 10.3. The van der Waals surface area contributed by atoms with Crippen molar-refractivity contribution in [3.63, 3.8) is 0 Å². The van der Waals surface area contributed by atoms with E-state index in [4.69, 9.17) is 9.72 Å². The number of carboxylic acid groups (broad SMARTS) is 1. The number of amides is 1. The molecule has 0 radical (unpaired) electrons. The highest BCUT2D eigenvalue weighted by molar-refractivity contribution is 9.10. The van der Waals surface area contributed by atoms with Gasteiger partial charge in [0.1, 0.15) is 30.3 Å². The molecule has 2 N–H and O–H groups in total. The first-order chi connectivity index (χ1) is 17.1. The lowest BCUT2D eigenvalue weighted by atomic mass is 10.2. The standard InChI is InChI=1S/C24H34BrN7O3Si/c1-17(19-6-5-7-20(29-19)30-8-10-31(11-9-30)24(33)34)28-22-21-18(25)14-32(23(21)27-15-26-22)16-35-12-13-36(2,3)4/h5-7,14-15,17H,8-13,16H2,1-4H3,(H,33,34)(H,26,27,28). The van der Waals surface area contributed by atoms with Crippen molar-refractivity contribution >= 4 is 52.8 Å². The van der Waals surface area contributed by atoms with E-state index in [1.807, 2.05) is 35.9 Å². The number of ether oxygens (including phenoxy) is 1. The molecule has 12 heteroatoms. The van der Waals surface area contributed by atoms with Crippen molar-refractivity contribution in [2.45, 2.75) is 45.4 Å². The summed E-state index contributed by atoms with van der Waals surface area (Å²) in [5.74, 6) is 1.57. The zero-order chi connectivity index (χ0) is 25.9. The Kier molecular flexibility index (Phi) is 8.16. The molecule has 1 unspecified atom stereocenters. The average molecular weight is 577 g/mol. The van der Waals surface area contributed by atoms with Gasteiger partial charge in [0, 0.05) is 51.5 Å². The number of rotatable bonds is 9. The number of aromatic nitrogens is 4. The quantitative estimate of drug-likeness (QED) is 0.274. The van der Waals surface area contributed by atoms with Crippen molar-refractivity contribution in [2.24, 2.45) is 0 Å². The van der Waals surface area contributed by atoms with Gasteiger partial charge in [-0.2, -0.15) is 0 Å². The maximum Gasteiger partial charge on any atom is 0.407 e. The topological polar surface area (TPSA) is 109 Å². The van der Waals surface area contributed by atoms with Crippen LogP contribution in [0.1, 0.15) is 18.7 Å². The SMILES string of the molecule is CC(Nc1ncnc2c1c(Br)cn2COCC[Si](C)(C)C)c1cccc(N2CCN(C(=O)O)CC2)n1. The number of piperazine rings is 1. The van der Waals surface area contributed by atoms with Crippen molar-refractivity contribution in [1.82, 2.24) is 24.4 Å². The van der Waals surface area contributed by atoms with Crippen LogP contribution in [0.3, 0.4) is 0 Å². The maximum absolute atomic E-state index is 11.2. The second-order valence-corrected chi connectivity index (χ2v) is 16.7. The summed E-state index contributed by atoms with van der Waals surface area (Å²) in [4.78, 5) is 28.6. The highest BCUT2D eigenvalue weighted by Gasteiger charge is 2.22. The van der Waals surface area contributed by atoms with Gasteiger partial charge in [0.25, 0.3) is 0 Å². The number of nitrogens with zero attached hydrogens (tertiary/aromatic N) is 6. The fourth-order valence-corrected chi connectivity index (χ4v) is 5.46. The first-order valence-electron chi connectivity index (χ1n) is 12.2. The number of hydrogen-bond acceptors (Lipinski definition) is 7. The van der Waals surface area contributed by atoms with Crippen molar-refractivity contribution in [3.05, 3.63) is 40.9 Å². The summed E-state index contributed by atoms with van der Waals surface area (Å²) in [5, 5.41) is 13.6. The fourth-order valence-electron chi connectivity index (χ4n) is 4.09. The number of hydrogen-bond donors (Lipinski definition) is 2. The Balaban J connectivity index is 1.46. The molecule has 0 saturated carbocycles. The van der Waals surface area contributed by atoms with Gasteiger partial charge < -0.3 is 29.5 Å². The number of pyridine rings is 1. The van der Waals surface area contributed by atoms with Gasteiger partial charge in [-0.15, -0.1) is 0 Å². The van der Waals surface area contributed by atoms with E-state index in [-0.39, 0.29) is 6.04 Å². The second kappa shape index (κ2) is 11.1. The predicted octanol–water partition coefficient (Wildman–Crippen LogP) is 4.87. The number of fused-ring (bicyclic) bond motifs is 1. The molecule has 194 valence electrons. The summed E-state index contributed by atoms with van der Waals surface area (Å²) in [7, 11) is -1.14. The van der Waals surface area contributed by atoms with Crippen LogP contribution in [0.2, 0.25) is 25.7 Å². The highest BCUT2D eigenvalue weighted by Crippen LogP contribution is 2.32. The van der Waals surface area contributed by atoms with Crippen LogP contribution in [-0.2, 0) is 11.5 Å². The van der Waals surface area contributed by atoms with Crippen molar-refractivity contribution < 1.29 is 14.6 Å². The molecule has 1 fully saturated rings. The maximum atomic E-state index is 11.2. The van der Waals surface area contributed by atoms with E-state index < -0.39 is 14.2 Å². The predicted molar refractivity (Wildman–Crippen MR) is 147 cm³/mol. The lowest BCUT2D eigenvalue weighted by Gasteiger charge is -2.34. The van der Waals surface area contributed by atoms with Crippen LogP contribution in [-0.4, -0.2) is 76.5 Å². The number of carbonyl (C=O) groups is 1. The van der Waals surface area contributed by atoms with Gasteiger partial charge in [-0.3, -0.25) is 0 Å². The van der Waals surface area contributed by atoms with E-state index in [0.29, 0.717) is 32.9 Å². The van der Waals surface area contributed by atoms with Crippen LogP contribution in [0, 0.1) is 0 Å². The zero-order valence-corrected chi connectivity index (χ0v) is 23.8. The monoisotopic (exact) mass is 575 g/mol. The Bertz CT molecular complexity index is 1210. The minimum Gasteiger partial charge on any atom is -0.465 e. The van der Waals surface area contributed by atoms with E-state index in [1.165, 1.54) is 4.90 Å². The van der Waals surface area contributed by atoms with E-state index in [2.05, 4.69) is 55.8 Å². The lowest BCUT2D eigenvalue weighted by molar-refractivity contribution is 0.0898. The largest absolute Gasteiger partial charge is 0.465 e. The molecular weight excluding hydrogens is 542 g/mol. The molecule has 1 atom stereocenters. The first kappa shape index (κ1) is 26.4. The van der Waals surface area contributed by atoms with Gasteiger partial charge >= 0.3 is 6.09 Å². The molecule has 0 aromatic carbocycles. The number of anilines is 2. The van der Waals surface area contributed by atoms with Crippen LogP contribution in [0.25, 0.3) is 11.0 Å². The molecule has 3 aromatic rings. The van der Waals surface area contributed by atoms with E-state index in [1.54, 1.807) is 6.33 Å². The molecular formula is C24H34BrN7O3Si. The van der Waals surface area contributed by atoms with Crippen LogP contribution >= 0.6 is 15.9 Å². The molecule has 4 rings (SSSR count). The molecule has 3 aromatic heterocycles. The van der Waals surface area contributed by atoms with Crippen molar-refractivity contribution in [1.29, 1.82) is 0 Å². The van der Waals surface area contributed by atoms with Gasteiger partial charge in [-0.1, -0.05) is 25.7 Å². The lowest BCUT2D eigenvalue weighted by Crippen LogP contribution is -2.48. The molecule has 0 bridgehead atoms. The van der Waals surface area contributed by atoms with E-state index in [9.17, 15) is 9.90 Å². The third kappa shape index (κ3) is 6.34. The summed E-state index contributed by atoms with van der Waals surface area (Å²) < 4.78 is 8.84. The van der Waals surface area contributed by atoms with E-state index >= 15 is 0 Å². The summed E-state index contributed by atoms with van der Waals surface area (Å²) in [6.45, 7) is 12.4. The molecule has 1 aliphatic rings. The number of halogens is 1. The third-order valence-electron chi connectivity index (χ3n) is 6.26. The van der Waals surface area contributed by atoms with Crippen LogP contribution in [0.5, 0.6) is 0 Å². The fraction of sp³-hybridized carbons (Fsp3) is 0.500. The van der Waals surface area contributed by atoms with Crippen LogP contribution in [0.15, 0.2) is 35.2 Å². The zero-order valence-electron chi connectivity index (χ0n) is 21.2. The summed E-state index contributed by atoms with van der Waals surface area (Å²) >= 11 is 3.68. The van der Waals surface area contributed by atoms with Crippen molar-refractivity contribution in [3.8, 4) is 0 Å². The Hall–Kier alpha value is -2.70. The normalized spacial score (nSPS) is 15.4. The van der Waals surface area contributed by atoms with Crippen LogP contribution in [0.4, 0.5) is 16.4 Å². The van der Waals surface area contributed by atoms with Crippen LogP contribution < -0.4 is 10.2 Å². The summed E-state index contributed by atoms with van der Waals surface area (Å²) in [5.41, 5.74) is 1.68. The van der Waals surface area contributed by atoms with Crippen molar-refractivity contribution in [2.75, 3.05) is 43.0 Å². The van der Waals surface area contributed by atoms with Gasteiger partial charge in [-0.25, -0.2) is 19.7 Å². The molecule has 1 amide bonds. The Morgan fingerprint density at radius 2 is 1.97 bits per heavy atom. The third-order valence-corrected chi connectivity index (χ3v) is 8.57. The highest BCUT2D eigenvalue weighted by atomic mass is 79.9. The molecule has 10 nitrogen and oxygen atoms in total. The smallest absolute Gasteiger partial charge is 0.407 e. The van der Waals surface area contributed by atoms with Gasteiger partial charge in [0.2, 0.25) is 0 Å². The molecule has 0 aliphatic carbocycles. The molecule has 1 saturated heterocycles. The van der Waals surface area contributed by atoms with Gasteiger partial charge in [0.05, 0.1) is 17.1 Å². The Morgan fingerprint density at radius 3 is 2.67 bits per heavy atom. The van der Waals surface area contributed by atoms with Gasteiger partial charge in [0.15, 0.2) is 0 Å². The molecule has 4 heterocycles. The minimum atomic E-state index is -1.14. The minimum absolute atomic E-state index is 0.105. The number of nitrogens with one attached hydrogen (secondary N) is 1. The molecule has 1 aliphatic heterocycles. The Morgan fingerprint density at radius 1 is 1.22 bits per heavy atom. The average Bonchev–Trinajstić information content (AvgIpc) is 3.17. The first-order valence-corrected chi connectivity index (χ1v) is 16.7. The van der Waals surface area contributed by atoms with E-state index in [0.717, 1.165) is 45.5 Å². The summed E-state index contributed by atoms with van der Waals surface area (Å²) in [6.07, 6.45) is 2.68. The summed E-state index contributed by atoms with van der Waals surface area (Å²) in [6, 6.07) is 6.95. The molecule has 36 heavy (non-hydrogen) atoms. The van der Waals surface area contributed by atoms with Gasteiger partial charge in [-0.05, 0) is 41.0 Å². The molecule has 0 spiro atoms.